The van der Waals surface area contributed by atoms with Crippen molar-refractivity contribution >= 4 is 16.9 Å². The van der Waals surface area contributed by atoms with Crippen molar-refractivity contribution in [1.82, 2.24) is 4.90 Å². The summed E-state index contributed by atoms with van der Waals surface area (Å²) in [7, 11) is 0. The molecule has 1 aliphatic heterocycles. The van der Waals surface area contributed by atoms with Crippen LogP contribution in [0.5, 0.6) is 0 Å². The summed E-state index contributed by atoms with van der Waals surface area (Å²) in [5, 5.41) is 10.5. The fraction of sp³-hybridized carbons (Fsp3) is 0.526. The number of aliphatic carboxylic acids is 1. The summed E-state index contributed by atoms with van der Waals surface area (Å²) < 4.78 is 6.07. The summed E-state index contributed by atoms with van der Waals surface area (Å²) in [6, 6.07) is 8.18. The zero-order valence-electron chi connectivity index (χ0n) is 13.8. The molecule has 0 radical (unpaired) electrons. The van der Waals surface area contributed by atoms with Gasteiger partial charge in [-0.05, 0) is 31.9 Å². The summed E-state index contributed by atoms with van der Waals surface area (Å²) in [6.45, 7) is 4.59. The van der Waals surface area contributed by atoms with Crippen LogP contribution >= 0.6 is 0 Å². The average Bonchev–Trinajstić information content (AvgIpc) is 2.91. The van der Waals surface area contributed by atoms with Gasteiger partial charge in [0, 0.05) is 30.5 Å². The number of carboxylic acid groups (broad SMARTS) is 1. The lowest BCUT2D eigenvalue weighted by atomic mass is 9.97. The highest BCUT2D eigenvalue weighted by atomic mass is 16.4. The van der Waals surface area contributed by atoms with E-state index in [2.05, 4.69) is 17.9 Å². The number of benzene rings is 1. The SMILES string of the molecule is CCCCc1oc2ccccc2c1CN1CCCC(C(=O)O)C1. The molecule has 0 spiro atoms. The van der Waals surface area contributed by atoms with Crippen LogP contribution in [0, 0.1) is 5.92 Å². The predicted octanol–water partition coefficient (Wildman–Crippen LogP) is 4.07. The molecule has 0 saturated carbocycles. The maximum atomic E-state index is 11.3. The van der Waals surface area contributed by atoms with E-state index < -0.39 is 5.97 Å². The number of hydrogen-bond donors (Lipinski definition) is 1. The Hall–Kier alpha value is -1.81. The van der Waals surface area contributed by atoms with Crippen LogP contribution < -0.4 is 0 Å². The third kappa shape index (κ3) is 3.58. The lowest BCUT2D eigenvalue weighted by Gasteiger charge is -2.30. The van der Waals surface area contributed by atoms with E-state index in [1.807, 2.05) is 18.2 Å². The van der Waals surface area contributed by atoms with E-state index in [1.165, 1.54) is 10.9 Å². The first-order valence-corrected chi connectivity index (χ1v) is 8.63. The number of rotatable bonds is 6. The molecule has 2 heterocycles. The minimum atomic E-state index is -0.669. The molecule has 2 aromatic rings. The van der Waals surface area contributed by atoms with Crippen LogP contribution in [0.15, 0.2) is 28.7 Å². The Morgan fingerprint density at radius 3 is 3.00 bits per heavy atom. The largest absolute Gasteiger partial charge is 0.481 e. The molecule has 1 fully saturated rings. The number of carbonyl (C=O) groups is 1. The van der Waals surface area contributed by atoms with Crippen LogP contribution in [0.1, 0.15) is 43.9 Å². The number of furan rings is 1. The summed E-state index contributed by atoms with van der Waals surface area (Å²) in [4.78, 5) is 13.6. The molecule has 4 nitrogen and oxygen atoms in total. The molecule has 1 atom stereocenters. The molecule has 1 unspecified atom stereocenters. The Balaban J connectivity index is 1.84. The number of nitrogens with zero attached hydrogens (tertiary/aromatic N) is 1. The van der Waals surface area contributed by atoms with Gasteiger partial charge in [-0.3, -0.25) is 9.69 Å². The average molecular weight is 315 g/mol. The van der Waals surface area contributed by atoms with Gasteiger partial charge in [0.05, 0.1) is 5.92 Å². The summed E-state index contributed by atoms with van der Waals surface area (Å²) in [6.07, 6.45) is 4.96. The summed E-state index contributed by atoms with van der Waals surface area (Å²) >= 11 is 0. The minimum absolute atomic E-state index is 0.235. The van der Waals surface area contributed by atoms with Gasteiger partial charge in [-0.1, -0.05) is 31.5 Å². The fourth-order valence-corrected chi connectivity index (χ4v) is 3.49. The van der Waals surface area contributed by atoms with Crippen molar-refractivity contribution in [2.24, 2.45) is 5.92 Å². The van der Waals surface area contributed by atoms with Crippen molar-refractivity contribution in [2.75, 3.05) is 13.1 Å². The number of fused-ring (bicyclic) bond motifs is 1. The second-order valence-corrected chi connectivity index (χ2v) is 6.52. The van der Waals surface area contributed by atoms with Crippen LogP contribution in [0.4, 0.5) is 0 Å². The molecular formula is C19H25NO3. The molecule has 23 heavy (non-hydrogen) atoms. The zero-order chi connectivity index (χ0) is 16.2. The molecule has 1 saturated heterocycles. The zero-order valence-corrected chi connectivity index (χ0v) is 13.8. The van der Waals surface area contributed by atoms with E-state index in [9.17, 15) is 9.90 Å². The van der Waals surface area contributed by atoms with Crippen molar-refractivity contribution in [3.05, 3.63) is 35.6 Å². The Morgan fingerprint density at radius 2 is 2.22 bits per heavy atom. The quantitative estimate of drug-likeness (QED) is 0.873. The number of unbranched alkanes of at least 4 members (excludes halogenated alkanes) is 1. The lowest BCUT2D eigenvalue weighted by Crippen LogP contribution is -2.38. The molecule has 3 rings (SSSR count). The third-order valence-corrected chi connectivity index (χ3v) is 4.78. The van der Waals surface area contributed by atoms with Gasteiger partial charge in [0.2, 0.25) is 0 Å². The van der Waals surface area contributed by atoms with Crippen molar-refractivity contribution in [1.29, 1.82) is 0 Å². The molecule has 1 aromatic heterocycles. The second kappa shape index (κ2) is 7.18. The third-order valence-electron chi connectivity index (χ3n) is 4.78. The van der Waals surface area contributed by atoms with Gasteiger partial charge >= 0.3 is 5.97 Å². The summed E-state index contributed by atoms with van der Waals surface area (Å²) in [5.41, 5.74) is 2.19. The monoisotopic (exact) mass is 315 g/mol. The van der Waals surface area contributed by atoms with E-state index >= 15 is 0 Å². The van der Waals surface area contributed by atoms with Gasteiger partial charge in [-0.25, -0.2) is 0 Å². The molecule has 0 aliphatic carbocycles. The first-order valence-electron chi connectivity index (χ1n) is 8.63. The maximum absolute atomic E-state index is 11.3. The smallest absolute Gasteiger partial charge is 0.307 e. The Labute approximate surface area is 137 Å². The van der Waals surface area contributed by atoms with E-state index in [0.29, 0.717) is 6.54 Å². The number of piperidine rings is 1. The van der Waals surface area contributed by atoms with Gasteiger partial charge in [-0.15, -0.1) is 0 Å². The molecule has 1 aliphatic rings. The maximum Gasteiger partial charge on any atom is 0.307 e. The molecule has 0 bridgehead atoms. The van der Waals surface area contributed by atoms with Crippen LogP contribution in [0.3, 0.4) is 0 Å². The highest BCUT2D eigenvalue weighted by Crippen LogP contribution is 2.29. The Bertz CT molecular complexity index is 676. The summed E-state index contributed by atoms with van der Waals surface area (Å²) in [5.74, 6) is 0.171. The lowest BCUT2D eigenvalue weighted by molar-refractivity contribution is -0.143. The number of aryl methyl sites for hydroxylation is 1. The second-order valence-electron chi connectivity index (χ2n) is 6.52. The van der Waals surface area contributed by atoms with Gasteiger partial charge in [0.1, 0.15) is 11.3 Å². The van der Waals surface area contributed by atoms with Crippen molar-refractivity contribution in [3.63, 3.8) is 0 Å². The molecule has 1 aromatic carbocycles. The van der Waals surface area contributed by atoms with Gasteiger partial charge in [0.15, 0.2) is 0 Å². The first-order chi connectivity index (χ1) is 11.2. The number of likely N-dealkylation sites (tertiary alicyclic amines) is 1. The normalized spacial score (nSPS) is 19.3. The van der Waals surface area contributed by atoms with Crippen LogP contribution in [0.2, 0.25) is 0 Å². The van der Waals surface area contributed by atoms with Gasteiger partial charge in [0.25, 0.3) is 0 Å². The van der Waals surface area contributed by atoms with Crippen molar-refractivity contribution < 1.29 is 14.3 Å². The van der Waals surface area contributed by atoms with Crippen molar-refractivity contribution in [2.45, 2.75) is 45.6 Å². The topological polar surface area (TPSA) is 53.7 Å². The van der Waals surface area contributed by atoms with Gasteiger partial charge < -0.3 is 9.52 Å². The molecule has 4 heteroatoms. The molecular weight excluding hydrogens is 290 g/mol. The van der Waals surface area contributed by atoms with E-state index in [4.69, 9.17) is 4.42 Å². The number of carboxylic acids is 1. The highest BCUT2D eigenvalue weighted by molar-refractivity contribution is 5.82. The van der Waals surface area contributed by atoms with Gasteiger partial charge in [-0.2, -0.15) is 0 Å². The molecule has 124 valence electrons. The highest BCUT2D eigenvalue weighted by Gasteiger charge is 2.26. The predicted molar refractivity (Wildman–Crippen MR) is 90.5 cm³/mol. The standard InChI is InChI=1S/C19H25NO3/c1-2-3-9-18-16(15-8-4-5-10-17(15)23-18)13-20-11-6-7-14(12-20)19(21)22/h4-5,8,10,14H,2-3,6-7,9,11-13H2,1H3,(H,21,22). The Kier molecular flexibility index (Phi) is 5.01. The van der Waals surface area contributed by atoms with E-state index in [0.717, 1.165) is 56.5 Å². The van der Waals surface area contributed by atoms with E-state index in [-0.39, 0.29) is 5.92 Å². The number of hydrogen-bond acceptors (Lipinski definition) is 3. The molecule has 1 N–H and O–H groups in total. The first kappa shape index (κ1) is 16.1. The molecule has 0 amide bonds. The number of para-hydroxylation sites is 1. The van der Waals surface area contributed by atoms with E-state index in [1.54, 1.807) is 0 Å². The fourth-order valence-electron chi connectivity index (χ4n) is 3.49. The van der Waals surface area contributed by atoms with Crippen LogP contribution in [-0.4, -0.2) is 29.1 Å². The Morgan fingerprint density at radius 1 is 1.39 bits per heavy atom. The van der Waals surface area contributed by atoms with Crippen molar-refractivity contribution in [3.8, 4) is 0 Å². The van der Waals surface area contributed by atoms with Crippen LogP contribution in [0.25, 0.3) is 11.0 Å². The van der Waals surface area contributed by atoms with Crippen LogP contribution in [-0.2, 0) is 17.8 Å². The minimum Gasteiger partial charge on any atom is -0.481 e.